The molecular formula is C14H11BrN6O4. The number of nitro groups is 1. The first kappa shape index (κ1) is 16.6. The third-order valence-corrected chi connectivity index (χ3v) is 3.59. The number of ether oxygens (including phenoxy) is 1. The second-order valence-corrected chi connectivity index (χ2v) is 5.76. The van der Waals surface area contributed by atoms with E-state index >= 15 is 0 Å². The zero-order valence-corrected chi connectivity index (χ0v) is 14.1. The molecule has 0 radical (unpaired) electrons. The number of benzene rings is 1. The number of hydrogen-bond acceptors (Lipinski definition) is 6. The maximum atomic E-state index is 12.0. The Morgan fingerprint density at radius 2 is 2.16 bits per heavy atom. The molecule has 0 aliphatic rings. The van der Waals surface area contributed by atoms with Gasteiger partial charge in [-0.2, -0.15) is 5.10 Å². The maximum absolute atomic E-state index is 12.0. The number of aromatic amines is 1. The molecule has 11 heteroatoms. The second kappa shape index (κ2) is 7.13. The number of halogens is 1. The predicted molar refractivity (Wildman–Crippen MR) is 90.2 cm³/mol. The summed E-state index contributed by atoms with van der Waals surface area (Å²) in [7, 11) is 0. The number of rotatable bonds is 6. The summed E-state index contributed by atoms with van der Waals surface area (Å²) in [6.45, 7) is 0.158. The number of nitrogens with zero attached hydrogens (tertiary/aromatic N) is 4. The van der Waals surface area contributed by atoms with Gasteiger partial charge in [-0.3, -0.25) is 4.79 Å². The van der Waals surface area contributed by atoms with Crippen LogP contribution >= 0.6 is 15.9 Å². The lowest BCUT2D eigenvalue weighted by Crippen LogP contribution is -2.12. The number of hydrogen-bond donors (Lipinski definition) is 2. The Bertz CT molecular complexity index is 904. The van der Waals surface area contributed by atoms with E-state index in [1.807, 2.05) is 12.1 Å². The van der Waals surface area contributed by atoms with Gasteiger partial charge in [-0.1, -0.05) is 21.0 Å². The molecule has 10 nitrogen and oxygen atoms in total. The van der Waals surface area contributed by atoms with Crippen molar-refractivity contribution in [2.45, 2.75) is 6.73 Å². The number of carbonyl (C=O) groups excluding carboxylic acids is 1. The van der Waals surface area contributed by atoms with E-state index in [2.05, 4.69) is 36.5 Å². The Labute approximate surface area is 149 Å². The normalized spacial score (nSPS) is 10.4. The van der Waals surface area contributed by atoms with Gasteiger partial charge in [0.15, 0.2) is 12.4 Å². The van der Waals surface area contributed by atoms with E-state index in [1.54, 1.807) is 18.3 Å². The van der Waals surface area contributed by atoms with Gasteiger partial charge in [0.05, 0.1) is 24.1 Å². The molecular weight excluding hydrogens is 396 g/mol. The topological polar surface area (TPSA) is 128 Å². The summed E-state index contributed by atoms with van der Waals surface area (Å²) < 4.78 is 7.99. The van der Waals surface area contributed by atoms with Gasteiger partial charge in [0.25, 0.3) is 5.91 Å². The standard InChI is InChI=1S/C14H11BrN6O4/c15-9-1-3-11(4-2-9)25-8-20-7-10(6-16-20)17-14(22)12-5-13(19-18-12)21(23)24/h1-7H,8H2,(H,17,22)(H,18,19). The molecule has 0 fully saturated rings. The summed E-state index contributed by atoms with van der Waals surface area (Å²) in [6.07, 6.45) is 3.00. The van der Waals surface area contributed by atoms with Crippen LogP contribution in [0.25, 0.3) is 0 Å². The summed E-state index contributed by atoms with van der Waals surface area (Å²) in [5.41, 5.74) is 0.320. The van der Waals surface area contributed by atoms with E-state index in [0.29, 0.717) is 11.4 Å². The molecule has 0 saturated carbocycles. The quantitative estimate of drug-likeness (QED) is 0.478. The fourth-order valence-electron chi connectivity index (χ4n) is 1.89. The Balaban J connectivity index is 1.58. The first-order chi connectivity index (χ1) is 12.0. The Kier molecular flexibility index (Phi) is 4.75. The highest BCUT2D eigenvalue weighted by atomic mass is 79.9. The van der Waals surface area contributed by atoms with E-state index in [-0.39, 0.29) is 18.2 Å². The first-order valence-electron chi connectivity index (χ1n) is 6.93. The van der Waals surface area contributed by atoms with Gasteiger partial charge in [0, 0.05) is 4.47 Å². The number of anilines is 1. The van der Waals surface area contributed by atoms with Crippen LogP contribution in [0.5, 0.6) is 5.75 Å². The van der Waals surface area contributed by atoms with Crippen LogP contribution in [0.4, 0.5) is 11.5 Å². The average molecular weight is 407 g/mol. The molecule has 1 aromatic carbocycles. The van der Waals surface area contributed by atoms with Crippen molar-refractivity contribution < 1.29 is 14.5 Å². The Morgan fingerprint density at radius 1 is 1.40 bits per heavy atom. The first-order valence-corrected chi connectivity index (χ1v) is 7.72. The van der Waals surface area contributed by atoms with Crippen LogP contribution in [-0.4, -0.2) is 30.8 Å². The molecule has 0 saturated heterocycles. The van der Waals surface area contributed by atoms with Crippen molar-refractivity contribution in [2.75, 3.05) is 5.32 Å². The van der Waals surface area contributed by atoms with E-state index in [1.165, 1.54) is 10.9 Å². The molecule has 0 unspecified atom stereocenters. The van der Waals surface area contributed by atoms with Crippen LogP contribution in [0, 0.1) is 10.1 Å². The van der Waals surface area contributed by atoms with Crippen molar-refractivity contribution in [2.24, 2.45) is 0 Å². The molecule has 25 heavy (non-hydrogen) atoms. The molecule has 0 aliphatic heterocycles. The summed E-state index contributed by atoms with van der Waals surface area (Å²) in [4.78, 5) is 21.9. The van der Waals surface area contributed by atoms with E-state index in [0.717, 1.165) is 10.5 Å². The third kappa shape index (κ3) is 4.20. The minimum absolute atomic E-state index is 0.0921. The highest BCUT2D eigenvalue weighted by Gasteiger charge is 2.17. The van der Waals surface area contributed by atoms with Crippen LogP contribution in [-0.2, 0) is 6.73 Å². The van der Waals surface area contributed by atoms with E-state index < -0.39 is 10.8 Å². The smallest absolute Gasteiger partial charge is 0.343 e. The lowest BCUT2D eigenvalue weighted by atomic mass is 10.3. The van der Waals surface area contributed by atoms with Crippen LogP contribution < -0.4 is 10.1 Å². The number of carbonyl (C=O) groups is 1. The van der Waals surface area contributed by atoms with Gasteiger partial charge in [-0.15, -0.1) is 5.10 Å². The summed E-state index contributed by atoms with van der Waals surface area (Å²) >= 11 is 3.34. The molecule has 2 N–H and O–H groups in total. The highest BCUT2D eigenvalue weighted by Crippen LogP contribution is 2.17. The minimum Gasteiger partial charge on any atom is -0.471 e. The lowest BCUT2D eigenvalue weighted by molar-refractivity contribution is -0.389. The van der Waals surface area contributed by atoms with Crippen LogP contribution in [0.2, 0.25) is 0 Å². The van der Waals surface area contributed by atoms with Gasteiger partial charge in [0.1, 0.15) is 5.75 Å². The highest BCUT2D eigenvalue weighted by molar-refractivity contribution is 9.10. The van der Waals surface area contributed by atoms with Crippen molar-refractivity contribution in [1.82, 2.24) is 20.0 Å². The molecule has 0 aliphatic carbocycles. The zero-order chi connectivity index (χ0) is 17.8. The van der Waals surface area contributed by atoms with Crippen LogP contribution in [0.3, 0.4) is 0 Å². The van der Waals surface area contributed by atoms with Crippen molar-refractivity contribution >= 4 is 33.3 Å². The van der Waals surface area contributed by atoms with E-state index in [9.17, 15) is 14.9 Å². The van der Waals surface area contributed by atoms with Crippen LogP contribution in [0.1, 0.15) is 10.5 Å². The maximum Gasteiger partial charge on any atom is 0.343 e. The average Bonchev–Trinajstić information content (AvgIpc) is 3.24. The second-order valence-electron chi connectivity index (χ2n) is 4.85. The molecule has 3 aromatic rings. The molecule has 0 bridgehead atoms. The molecule has 1 amide bonds. The number of amides is 1. The molecule has 2 aromatic heterocycles. The summed E-state index contributed by atoms with van der Waals surface area (Å²) in [5.74, 6) is -0.269. The zero-order valence-electron chi connectivity index (χ0n) is 12.5. The van der Waals surface area contributed by atoms with Gasteiger partial charge >= 0.3 is 5.82 Å². The largest absolute Gasteiger partial charge is 0.471 e. The van der Waals surface area contributed by atoms with Crippen molar-refractivity contribution in [3.05, 3.63) is 63.0 Å². The fourth-order valence-corrected chi connectivity index (χ4v) is 2.15. The molecule has 0 atom stereocenters. The van der Waals surface area contributed by atoms with Crippen molar-refractivity contribution in [3.8, 4) is 5.75 Å². The van der Waals surface area contributed by atoms with Gasteiger partial charge < -0.3 is 20.2 Å². The Morgan fingerprint density at radius 3 is 2.84 bits per heavy atom. The number of H-pyrrole nitrogens is 1. The van der Waals surface area contributed by atoms with Crippen molar-refractivity contribution in [3.63, 3.8) is 0 Å². The molecule has 3 rings (SSSR count). The molecule has 2 heterocycles. The Hall–Kier alpha value is -3.21. The van der Waals surface area contributed by atoms with Gasteiger partial charge in [-0.25, -0.2) is 4.68 Å². The van der Waals surface area contributed by atoms with Gasteiger partial charge in [-0.05, 0) is 29.2 Å². The molecule has 0 spiro atoms. The lowest BCUT2D eigenvalue weighted by Gasteiger charge is -2.05. The van der Waals surface area contributed by atoms with Gasteiger partial charge in [0.2, 0.25) is 0 Å². The fraction of sp³-hybridized carbons (Fsp3) is 0.0714. The summed E-state index contributed by atoms with van der Waals surface area (Å²) in [5, 5.41) is 22.9. The third-order valence-electron chi connectivity index (χ3n) is 3.06. The van der Waals surface area contributed by atoms with Crippen molar-refractivity contribution in [1.29, 1.82) is 0 Å². The number of aromatic nitrogens is 4. The number of nitrogens with one attached hydrogen (secondary N) is 2. The van der Waals surface area contributed by atoms with E-state index in [4.69, 9.17) is 4.74 Å². The SMILES string of the molecule is O=C(Nc1cnn(COc2ccc(Br)cc2)c1)c1cc([N+](=O)[O-])[nH]n1. The minimum atomic E-state index is -0.665. The monoisotopic (exact) mass is 406 g/mol. The molecule has 128 valence electrons. The predicted octanol–water partition coefficient (Wildman–Crippen LogP) is 2.57. The van der Waals surface area contributed by atoms with Crippen LogP contribution in [0.15, 0.2) is 47.2 Å². The summed E-state index contributed by atoms with van der Waals surface area (Å²) in [6, 6.07) is 8.37.